The molecule has 1 aliphatic heterocycles. The van der Waals surface area contributed by atoms with Gasteiger partial charge in [-0.15, -0.1) is 0 Å². The van der Waals surface area contributed by atoms with Gasteiger partial charge in [0.25, 0.3) is 0 Å². The van der Waals surface area contributed by atoms with E-state index < -0.39 is 6.10 Å². The zero-order chi connectivity index (χ0) is 18.1. The molecular weight excluding hydrogens is 326 g/mol. The van der Waals surface area contributed by atoms with Crippen LogP contribution in [0.4, 0.5) is 4.79 Å². The number of ether oxygens (including phenoxy) is 2. The lowest BCUT2D eigenvalue weighted by molar-refractivity contribution is -0.130. The van der Waals surface area contributed by atoms with Gasteiger partial charge in [0.15, 0.2) is 0 Å². The van der Waals surface area contributed by atoms with E-state index in [0.29, 0.717) is 26.0 Å². The molecule has 2 fully saturated rings. The summed E-state index contributed by atoms with van der Waals surface area (Å²) in [5.41, 5.74) is 0. The van der Waals surface area contributed by atoms with E-state index in [1.807, 2.05) is 0 Å². The van der Waals surface area contributed by atoms with E-state index in [1.54, 1.807) is 7.11 Å². The number of urea groups is 1. The van der Waals surface area contributed by atoms with Gasteiger partial charge >= 0.3 is 6.03 Å². The van der Waals surface area contributed by atoms with Crippen LogP contribution in [0.5, 0.6) is 0 Å². The molecule has 8 heteroatoms. The van der Waals surface area contributed by atoms with Crippen LogP contribution in [0.25, 0.3) is 0 Å². The second-order valence-corrected chi connectivity index (χ2v) is 6.81. The number of rotatable bonds is 8. The van der Waals surface area contributed by atoms with Gasteiger partial charge in [0.2, 0.25) is 5.91 Å². The van der Waals surface area contributed by atoms with E-state index in [1.165, 1.54) is 0 Å². The summed E-state index contributed by atoms with van der Waals surface area (Å²) < 4.78 is 10.7. The number of carbonyl (C=O) groups is 2. The highest BCUT2D eigenvalue weighted by atomic mass is 16.5. The maximum atomic E-state index is 12.1. The molecule has 0 spiro atoms. The summed E-state index contributed by atoms with van der Waals surface area (Å²) in [5, 5.41) is 18.2. The second kappa shape index (κ2) is 10.6. The molecule has 144 valence electrons. The smallest absolute Gasteiger partial charge is 0.315 e. The highest BCUT2D eigenvalue weighted by Gasteiger charge is 2.33. The van der Waals surface area contributed by atoms with Crippen molar-refractivity contribution in [3.8, 4) is 0 Å². The normalized spacial score (nSPS) is 27.0. The van der Waals surface area contributed by atoms with Crippen molar-refractivity contribution in [1.29, 1.82) is 0 Å². The first-order valence-electron chi connectivity index (χ1n) is 9.21. The fraction of sp³-hybridized carbons (Fsp3) is 0.882. The van der Waals surface area contributed by atoms with Gasteiger partial charge in [-0.3, -0.25) is 4.79 Å². The first kappa shape index (κ1) is 19.9. The Morgan fingerprint density at radius 2 is 1.92 bits per heavy atom. The average molecular weight is 357 g/mol. The number of hydrogen-bond acceptors (Lipinski definition) is 5. The highest BCUT2D eigenvalue weighted by Crippen LogP contribution is 2.22. The lowest BCUT2D eigenvalue weighted by Gasteiger charge is -2.36. The Balaban J connectivity index is 1.72. The molecule has 3 atom stereocenters. The molecule has 8 nitrogen and oxygen atoms in total. The van der Waals surface area contributed by atoms with Crippen molar-refractivity contribution in [2.24, 2.45) is 0 Å². The van der Waals surface area contributed by atoms with Crippen molar-refractivity contribution in [1.82, 2.24) is 16.0 Å². The Bertz CT molecular complexity index is 429. The number of carbonyl (C=O) groups excluding carboxylic acids is 2. The highest BCUT2D eigenvalue weighted by molar-refractivity contribution is 5.76. The summed E-state index contributed by atoms with van der Waals surface area (Å²) in [6, 6.07) is -0.186. The van der Waals surface area contributed by atoms with Crippen molar-refractivity contribution < 1.29 is 24.2 Å². The van der Waals surface area contributed by atoms with Gasteiger partial charge in [-0.2, -0.15) is 0 Å². The van der Waals surface area contributed by atoms with Gasteiger partial charge in [-0.05, 0) is 25.7 Å². The van der Waals surface area contributed by atoms with Crippen LogP contribution in [0.1, 0.15) is 44.9 Å². The van der Waals surface area contributed by atoms with E-state index in [9.17, 15) is 14.7 Å². The monoisotopic (exact) mass is 357 g/mol. The van der Waals surface area contributed by atoms with E-state index >= 15 is 0 Å². The number of amides is 3. The Morgan fingerprint density at radius 1 is 1.16 bits per heavy atom. The molecule has 1 aliphatic carbocycles. The summed E-state index contributed by atoms with van der Waals surface area (Å²) in [4.78, 5) is 23.9. The third kappa shape index (κ3) is 6.80. The molecule has 2 aliphatic rings. The molecule has 0 aromatic rings. The SMILES string of the molecule is COCCNC(=O)C[C@H]1CC[C@@H](NC(=O)NC2CCCC2)[C@H](CO)O1. The standard InChI is InChI=1S/C17H31N3O5/c1-24-9-8-18-16(22)10-13-6-7-14(15(11-21)25-13)20-17(23)19-12-4-2-3-5-12/h12-15,21H,2-11H2,1H3,(H,18,22)(H2,19,20,23)/t13-,14-,15+/m1/s1. The maximum Gasteiger partial charge on any atom is 0.315 e. The van der Waals surface area contributed by atoms with Crippen LogP contribution in [-0.4, -0.2) is 68.2 Å². The topological polar surface area (TPSA) is 109 Å². The molecule has 1 heterocycles. The van der Waals surface area contributed by atoms with E-state index in [2.05, 4.69) is 16.0 Å². The second-order valence-electron chi connectivity index (χ2n) is 6.81. The lowest BCUT2D eigenvalue weighted by atomic mass is 9.97. The van der Waals surface area contributed by atoms with Gasteiger partial charge in [-0.1, -0.05) is 12.8 Å². The average Bonchev–Trinajstić information content (AvgIpc) is 3.09. The summed E-state index contributed by atoms with van der Waals surface area (Å²) >= 11 is 0. The minimum absolute atomic E-state index is 0.0934. The molecule has 1 saturated carbocycles. The van der Waals surface area contributed by atoms with Crippen LogP contribution in [-0.2, 0) is 14.3 Å². The molecule has 25 heavy (non-hydrogen) atoms. The molecule has 0 unspecified atom stereocenters. The summed E-state index contributed by atoms with van der Waals surface area (Å²) in [7, 11) is 1.58. The molecule has 0 bridgehead atoms. The minimum atomic E-state index is -0.486. The molecule has 0 radical (unpaired) electrons. The summed E-state index contributed by atoms with van der Waals surface area (Å²) in [5.74, 6) is -0.0934. The fourth-order valence-corrected chi connectivity index (χ4v) is 3.48. The van der Waals surface area contributed by atoms with Crippen LogP contribution in [0, 0.1) is 0 Å². The van der Waals surface area contributed by atoms with Gasteiger partial charge in [-0.25, -0.2) is 4.79 Å². The molecule has 3 amide bonds. The van der Waals surface area contributed by atoms with E-state index in [0.717, 1.165) is 25.7 Å². The molecule has 2 rings (SSSR count). The van der Waals surface area contributed by atoms with Crippen molar-refractivity contribution >= 4 is 11.9 Å². The van der Waals surface area contributed by atoms with Crippen molar-refractivity contribution in [3.63, 3.8) is 0 Å². The van der Waals surface area contributed by atoms with Crippen molar-refractivity contribution in [3.05, 3.63) is 0 Å². The Labute approximate surface area is 149 Å². The van der Waals surface area contributed by atoms with Gasteiger partial charge in [0.05, 0.1) is 31.8 Å². The van der Waals surface area contributed by atoms with Crippen LogP contribution >= 0.6 is 0 Å². The molecule has 0 aromatic carbocycles. The molecular formula is C17H31N3O5. The number of methoxy groups -OCH3 is 1. The Hall–Kier alpha value is -1.38. The largest absolute Gasteiger partial charge is 0.394 e. The zero-order valence-corrected chi connectivity index (χ0v) is 15.0. The number of aliphatic hydroxyl groups excluding tert-OH is 1. The van der Waals surface area contributed by atoms with Gasteiger partial charge in [0, 0.05) is 19.7 Å². The van der Waals surface area contributed by atoms with Crippen LogP contribution < -0.4 is 16.0 Å². The first-order valence-corrected chi connectivity index (χ1v) is 9.21. The number of nitrogens with one attached hydrogen (secondary N) is 3. The maximum absolute atomic E-state index is 12.1. The van der Waals surface area contributed by atoms with Crippen LogP contribution in [0.2, 0.25) is 0 Å². The third-order valence-corrected chi connectivity index (χ3v) is 4.84. The number of aliphatic hydroxyl groups is 1. The molecule has 1 saturated heterocycles. The zero-order valence-electron chi connectivity index (χ0n) is 15.0. The summed E-state index contributed by atoms with van der Waals surface area (Å²) in [6.45, 7) is 0.756. The van der Waals surface area contributed by atoms with Crippen LogP contribution in [0.3, 0.4) is 0 Å². The van der Waals surface area contributed by atoms with E-state index in [4.69, 9.17) is 9.47 Å². The Morgan fingerprint density at radius 3 is 2.60 bits per heavy atom. The van der Waals surface area contributed by atoms with E-state index in [-0.39, 0.29) is 43.2 Å². The van der Waals surface area contributed by atoms with Gasteiger partial charge in [0.1, 0.15) is 6.10 Å². The van der Waals surface area contributed by atoms with Crippen molar-refractivity contribution in [2.45, 2.75) is 69.2 Å². The first-order chi connectivity index (χ1) is 12.1. The van der Waals surface area contributed by atoms with Gasteiger partial charge < -0.3 is 30.5 Å². The fourth-order valence-electron chi connectivity index (χ4n) is 3.48. The predicted octanol–water partition coefficient (Wildman–Crippen LogP) is 0.289. The van der Waals surface area contributed by atoms with Crippen LogP contribution in [0.15, 0.2) is 0 Å². The third-order valence-electron chi connectivity index (χ3n) is 4.84. The van der Waals surface area contributed by atoms with Crippen molar-refractivity contribution in [2.75, 3.05) is 26.9 Å². The lowest BCUT2D eigenvalue weighted by Crippen LogP contribution is -2.54. The Kier molecular flexibility index (Phi) is 8.43. The molecule has 4 N–H and O–H groups in total. The molecule has 0 aromatic heterocycles. The quantitative estimate of drug-likeness (QED) is 0.467. The summed E-state index contributed by atoms with van der Waals surface area (Å²) in [6.07, 6.45) is 5.24. The predicted molar refractivity (Wildman–Crippen MR) is 92.2 cm³/mol. The minimum Gasteiger partial charge on any atom is -0.394 e. The number of hydrogen-bond donors (Lipinski definition) is 4.